The molecular formula is C18H17ClFNO5S. The highest BCUT2D eigenvalue weighted by atomic mass is 35.5. The molecule has 0 spiro atoms. The average Bonchev–Trinajstić information content (AvgIpc) is 2.60. The summed E-state index contributed by atoms with van der Waals surface area (Å²) in [6.07, 6.45) is 0.999. The summed E-state index contributed by atoms with van der Waals surface area (Å²) in [4.78, 5) is 25.5. The number of halogens is 2. The number of likely N-dealkylation sites (N-methyl/N-ethyl adjacent to an activating group) is 1. The van der Waals surface area contributed by atoms with Crippen LogP contribution in [-0.2, 0) is 25.9 Å². The molecule has 0 heterocycles. The summed E-state index contributed by atoms with van der Waals surface area (Å²) in [6, 6.07) is 9.30. The van der Waals surface area contributed by atoms with Crippen LogP contribution in [-0.4, -0.2) is 45.1 Å². The zero-order valence-electron chi connectivity index (χ0n) is 14.6. The maximum atomic E-state index is 12.9. The SMILES string of the molecule is CN(Cc1ccc(F)cc1)C(=O)COC(=O)c1cc(S(C)(=O)=O)ccc1Cl. The maximum Gasteiger partial charge on any atom is 0.340 e. The Bertz CT molecular complexity index is 960. The number of amides is 1. The van der Waals surface area contributed by atoms with E-state index in [2.05, 4.69) is 0 Å². The van der Waals surface area contributed by atoms with E-state index in [0.29, 0.717) is 5.56 Å². The molecule has 1 amide bonds. The van der Waals surface area contributed by atoms with Gasteiger partial charge in [-0.25, -0.2) is 17.6 Å². The number of hydrogen-bond donors (Lipinski definition) is 0. The number of hydrogen-bond acceptors (Lipinski definition) is 5. The van der Waals surface area contributed by atoms with Gasteiger partial charge in [-0.05, 0) is 35.9 Å². The third kappa shape index (κ3) is 5.77. The standard InChI is InChI=1S/C18H17ClFNO5S/c1-21(10-12-3-5-13(20)6-4-12)17(22)11-26-18(23)15-9-14(27(2,24)25)7-8-16(15)19/h3-9H,10-11H2,1-2H3. The number of carbonyl (C=O) groups excluding carboxylic acids is 2. The summed E-state index contributed by atoms with van der Waals surface area (Å²) in [7, 11) is -2.02. The quantitative estimate of drug-likeness (QED) is 0.680. The molecular weight excluding hydrogens is 397 g/mol. The molecule has 9 heteroatoms. The number of nitrogens with zero attached hydrogens (tertiary/aromatic N) is 1. The molecule has 2 aromatic carbocycles. The minimum atomic E-state index is -3.53. The minimum Gasteiger partial charge on any atom is -0.452 e. The van der Waals surface area contributed by atoms with Gasteiger partial charge in [0.25, 0.3) is 5.91 Å². The molecule has 0 aromatic heterocycles. The number of benzene rings is 2. The van der Waals surface area contributed by atoms with Gasteiger partial charge in [-0.2, -0.15) is 0 Å². The van der Waals surface area contributed by atoms with Gasteiger partial charge in [0.2, 0.25) is 0 Å². The monoisotopic (exact) mass is 413 g/mol. The Hall–Kier alpha value is -2.45. The molecule has 0 fully saturated rings. The highest BCUT2D eigenvalue weighted by Gasteiger charge is 2.19. The van der Waals surface area contributed by atoms with Gasteiger partial charge in [-0.1, -0.05) is 23.7 Å². The average molecular weight is 414 g/mol. The summed E-state index contributed by atoms with van der Waals surface area (Å²) in [5.41, 5.74) is 0.566. The predicted molar refractivity (Wildman–Crippen MR) is 97.7 cm³/mol. The zero-order chi connectivity index (χ0) is 20.2. The van der Waals surface area contributed by atoms with Gasteiger partial charge in [-0.3, -0.25) is 4.79 Å². The van der Waals surface area contributed by atoms with Crippen LogP contribution in [0.4, 0.5) is 4.39 Å². The van der Waals surface area contributed by atoms with Crippen LogP contribution in [0.3, 0.4) is 0 Å². The molecule has 6 nitrogen and oxygen atoms in total. The number of carbonyl (C=O) groups is 2. The molecule has 0 saturated carbocycles. The molecule has 0 saturated heterocycles. The van der Waals surface area contributed by atoms with E-state index in [-0.39, 0.29) is 27.8 Å². The van der Waals surface area contributed by atoms with E-state index in [0.717, 1.165) is 12.3 Å². The Labute approximate surface area is 161 Å². The van der Waals surface area contributed by atoms with Crippen LogP contribution in [0.15, 0.2) is 47.4 Å². The first-order chi connectivity index (χ1) is 12.6. The summed E-state index contributed by atoms with van der Waals surface area (Å²) in [5, 5.41) is 0.0134. The van der Waals surface area contributed by atoms with Crippen molar-refractivity contribution in [3.8, 4) is 0 Å². The summed E-state index contributed by atoms with van der Waals surface area (Å²) in [5.74, 6) is -1.77. The number of ether oxygens (including phenoxy) is 1. The lowest BCUT2D eigenvalue weighted by atomic mass is 10.2. The molecule has 27 heavy (non-hydrogen) atoms. The van der Waals surface area contributed by atoms with E-state index in [1.165, 1.54) is 36.2 Å². The summed E-state index contributed by atoms with van der Waals surface area (Å²) in [6.45, 7) is -0.336. The third-order valence-electron chi connectivity index (χ3n) is 3.67. The highest BCUT2D eigenvalue weighted by molar-refractivity contribution is 7.90. The van der Waals surface area contributed by atoms with Gasteiger partial charge < -0.3 is 9.64 Å². The van der Waals surface area contributed by atoms with Crippen molar-refractivity contribution in [1.29, 1.82) is 0 Å². The van der Waals surface area contributed by atoms with Crippen LogP contribution in [0.1, 0.15) is 15.9 Å². The van der Waals surface area contributed by atoms with Crippen LogP contribution in [0, 0.1) is 5.82 Å². The van der Waals surface area contributed by atoms with Crippen LogP contribution < -0.4 is 0 Å². The topological polar surface area (TPSA) is 80.8 Å². The van der Waals surface area contributed by atoms with Crippen molar-refractivity contribution in [1.82, 2.24) is 4.90 Å². The van der Waals surface area contributed by atoms with E-state index in [1.54, 1.807) is 12.1 Å². The Balaban J connectivity index is 2.00. The molecule has 144 valence electrons. The Morgan fingerprint density at radius 3 is 2.37 bits per heavy atom. The molecule has 0 aliphatic carbocycles. The smallest absolute Gasteiger partial charge is 0.340 e. The second-order valence-electron chi connectivity index (χ2n) is 5.87. The predicted octanol–water partition coefficient (Wildman–Crippen LogP) is 2.70. The third-order valence-corrected chi connectivity index (χ3v) is 5.11. The van der Waals surface area contributed by atoms with Crippen LogP contribution >= 0.6 is 11.6 Å². The molecule has 0 atom stereocenters. The normalized spacial score (nSPS) is 11.1. The van der Waals surface area contributed by atoms with E-state index in [9.17, 15) is 22.4 Å². The maximum absolute atomic E-state index is 12.9. The van der Waals surface area contributed by atoms with E-state index in [4.69, 9.17) is 16.3 Å². The largest absolute Gasteiger partial charge is 0.452 e. The number of rotatable bonds is 6. The molecule has 0 aliphatic rings. The summed E-state index contributed by atoms with van der Waals surface area (Å²) < 4.78 is 41.0. The van der Waals surface area contributed by atoms with Crippen molar-refractivity contribution in [3.05, 3.63) is 64.4 Å². The fraction of sp³-hybridized carbons (Fsp3) is 0.222. The zero-order valence-corrected chi connectivity index (χ0v) is 16.2. The lowest BCUT2D eigenvalue weighted by Crippen LogP contribution is -2.30. The Morgan fingerprint density at radius 2 is 1.78 bits per heavy atom. The van der Waals surface area contributed by atoms with Crippen molar-refractivity contribution >= 4 is 33.3 Å². The van der Waals surface area contributed by atoms with Crippen molar-refractivity contribution in [2.45, 2.75) is 11.4 Å². The molecule has 0 radical (unpaired) electrons. The lowest BCUT2D eigenvalue weighted by Gasteiger charge is -2.17. The molecule has 0 N–H and O–H groups in total. The van der Waals surface area contributed by atoms with Crippen LogP contribution in [0.5, 0.6) is 0 Å². The lowest BCUT2D eigenvalue weighted by molar-refractivity contribution is -0.133. The molecule has 0 unspecified atom stereocenters. The van der Waals surface area contributed by atoms with E-state index >= 15 is 0 Å². The number of esters is 1. The number of sulfone groups is 1. The molecule has 0 bridgehead atoms. The minimum absolute atomic E-state index is 0.0134. The van der Waals surface area contributed by atoms with Crippen LogP contribution in [0.25, 0.3) is 0 Å². The first kappa shape index (κ1) is 20.9. The fourth-order valence-corrected chi connectivity index (χ4v) is 3.00. The van der Waals surface area contributed by atoms with E-state index < -0.39 is 28.3 Å². The first-order valence-electron chi connectivity index (χ1n) is 7.73. The Kier molecular flexibility index (Phi) is 6.56. The van der Waals surface area contributed by atoms with Gasteiger partial charge in [0.1, 0.15) is 5.82 Å². The fourth-order valence-electron chi connectivity index (χ4n) is 2.16. The second kappa shape index (κ2) is 8.49. The second-order valence-corrected chi connectivity index (χ2v) is 8.29. The first-order valence-corrected chi connectivity index (χ1v) is 10.00. The van der Waals surface area contributed by atoms with Gasteiger partial charge in [0, 0.05) is 19.8 Å². The van der Waals surface area contributed by atoms with Crippen molar-refractivity contribution in [3.63, 3.8) is 0 Å². The van der Waals surface area contributed by atoms with Crippen molar-refractivity contribution in [2.75, 3.05) is 19.9 Å². The van der Waals surface area contributed by atoms with Gasteiger partial charge in [-0.15, -0.1) is 0 Å². The van der Waals surface area contributed by atoms with Gasteiger partial charge in [0.05, 0.1) is 15.5 Å². The molecule has 2 rings (SSSR count). The molecule has 0 aliphatic heterocycles. The van der Waals surface area contributed by atoms with E-state index in [1.807, 2.05) is 0 Å². The highest BCUT2D eigenvalue weighted by Crippen LogP contribution is 2.21. The molecule has 2 aromatic rings. The summed E-state index contributed by atoms with van der Waals surface area (Å²) >= 11 is 5.92. The van der Waals surface area contributed by atoms with Crippen molar-refractivity contribution < 1.29 is 27.1 Å². The van der Waals surface area contributed by atoms with Crippen molar-refractivity contribution in [2.24, 2.45) is 0 Å². The van der Waals surface area contributed by atoms with Crippen LogP contribution in [0.2, 0.25) is 5.02 Å². The Morgan fingerprint density at radius 1 is 1.15 bits per heavy atom. The van der Waals surface area contributed by atoms with Gasteiger partial charge >= 0.3 is 5.97 Å². The van der Waals surface area contributed by atoms with Gasteiger partial charge in [0.15, 0.2) is 16.4 Å².